The number of fused-ring (bicyclic) bond motifs is 1. The molecule has 5 rings (SSSR count). The first kappa shape index (κ1) is 19.9. The van der Waals surface area contributed by atoms with Crippen LogP contribution in [0.4, 0.5) is 0 Å². The molecule has 2 fully saturated rings. The summed E-state index contributed by atoms with van der Waals surface area (Å²) in [6.07, 6.45) is 6.38. The Kier molecular flexibility index (Phi) is 5.53. The molecule has 3 atom stereocenters. The van der Waals surface area contributed by atoms with Crippen LogP contribution in [0.25, 0.3) is 10.9 Å². The van der Waals surface area contributed by atoms with Gasteiger partial charge in [-0.1, -0.05) is 49.6 Å². The van der Waals surface area contributed by atoms with Crippen LogP contribution in [0.15, 0.2) is 54.7 Å². The summed E-state index contributed by atoms with van der Waals surface area (Å²) in [6.45, 7) is 0.287. The number of pyridine rings is 2. The van der Waals surface area contributed by atoms with E-state index >= 15 is 0 Å². The molecule has 1 aromatic carbocycles. The number of aromatic nitrogens is 2. The van der Waals surface area contributed by atoms with E-state index in [0.717, 1.165) is 47.8 Å². The van der Waals surface area contributed by atoms with Crippen LogP contribution in [0.1, 0.15) is 49.4 Å². The Morgan fingerprint density at radius 1 is 1.13 bits per heavy atom. The van der Waals surface area contributed by atoms with Crippen LogP contribution in [0.5, 0.6) is 5.88 Å². The van der Waals surface area contributed by atoms with Crippen molar-refractivity contribution in [2.24, 2.45) is 5.92 Å². The molecule has 1 N–H and O–H groups in total. The highest BCUT2D eigenvalue weighted by atomic mass is 16.8. The van der Waals surface area contributed by atoms with Crippen molar-refractivity contribution in [2.75, 3.05) is 0 Å². The predicted molar refractivity (Wildman–Crippen MR) is 114 cm³/mol. The van der Waals surface area contributed by atoms with Crippen molar-refractivity contribution >= 4 is 16.9 Å². The van der Waals surface area contributed by atoms with Gasteiger partial charge < -0.3 is 9.84 Å². The van der Waals surface area contributed by atoms with E-state index in [4.69, 9.17) is 9.57 Å². The molecule has 160 valence electrons. The summed E-state index contributed by atoms with van der Waals surface area (Å²) in [6, 6.07) is 15.6. The van der Waals surface area contributed by atoms with Crippen LogP contribution in [0.2, 0.25) is 0 Å². The van der Waals surface area contributed by atoms with Crippen molar-refractivity contribution in [2.45, 2.75) is 51.0 Å². The summed E-state index contributed by atoms with van der Waals surface area (Å²) in [5.74, 6) is -0.149. The molecule has 7 heteroatoms. The monoisotopic (exact) mass is 419 g/mol. The normalized spacial score (nSPS) is 22.2. The average Bonchev–Trinajstić information content (AvgIpc) is 3.60. The molecule has 1 aliphatic heterocycles. The second-order valence-corrected chi connectivity index (χ2v) is 8.18. The van der Waals surface area contributed by atoms with Crippen molar-refractivity contribution in [1.29, 1.82) is 0 Å². The minimum absolute atomic E-state index is 0.185. The molecule has 0 spiro atoms. The Labute approximate surface area is 180 Å². The van der Waals surface area contributed by atoms with Gasteiger partial charge in [-0.15, -0.1) is 5.06 Å². The van der Waals surface area contributed by atoms with E-state index in [0.29, 0.717) is 11.8 Å². The Morgan fingerprint density at radius 3 is 2.77 bits per heavy atom. The summed E-state index contributed by atoms with van der Waals surface area (Å²) < 4.78 is 6.11. The van der Waals surface area contributed by atoms with Gasteiger partial charge in [0.15, 0.2) is 0 Å². The predicted octanol–water partition coefficient (Wildman–Crippen LogP) is 4.49. The molecular formula is C24H25N3O4. The smallest absolute Gasteiger partial charge is 0.352 e. The van der Waals surface area contributed by atoms with E-state index in [2.05, 4.69) is 9.97 Å². The number of rotatable bonds is 7. The van der Waals surface area contributed by atoms with E-state index in [-0.39, 0.29) is 12.6 Å². The van der Waals surface area contributed by atoms with Crippen molar-refractivity contribution in [3.8, 4) is 5.88 Å². The van der Waals surface area contributed by atoms with Gasteiger partial charge in [0.1, 0.15) is 6.61 Å². The SMILES string of the molecule is O=C(O)[C@@H]1ON1[C@H](c1cccnc1OCc1ccc2ccccc2n1)C1CCCCC1. The molecule has 0 bridgehead atoms. The van der Waals surface area contributed by atoms with Gasteiger partial charge in [0.25, 0.3) is 6.23 Å². The number of para-hydroxylation sites is 1. The molecule has 3 heterocycles. The lowest BCUT2D eigenvalue weighted by atomic mass is 9.81. The van der Waals surface area contributed by atoms with E-state index in [9.17, 15) is 9.90 Å². The van der Waals surface area contributed by atoms with Gasteiger partial charge in [-0.3, -0.25) is 4.84 Å². The third-order valence-corrected chi connectivity index (χ3v) is 6.12. The van der Waals surface area contributed by atoms with E-state index in [1.54, 1.807) is 11.3 Å². The van der Waals surface area contributed by atoms with Crippen LogP contribution < -0.4 is 4.74 Å². The first-order valence-corrected chi connectivity index (χ1v) is 10.8. The van der Waals surface area contributed by atoms with Crippen molar-refractivity contribution < 1.29 is 19.5 Å². The maximum atomic E-state index is 11.5. The zero-order chi connectivity index (χ0) is 21.2. The van der Waals surface area contributed by atoms with Gasteiger partial charge in [-0.05, 0) is 37.0 Å². The summed E-state index contributed by atoms with van der Waals surface area (Å²) in [4.78, 5) is 26.1. The van der Waals surface area contributed by atoms with E-state index < -0.39 is 12.2 Å². The number of carboxylic acids is 1. The first-order valence-electron chi connectivity index (χ1n) is 10.8. The minimum Gasteiger partial charge on any atom is -0.478 e. The van der Waals surface area contributed by atoms with Crippen molar-refractivity contribution in [3.05, 3.63) is 66.0 Å². The number of nitrogens with zero attached hydrogens (tertiary/aromatic N) is 3. The Hall–Kier alpha value is -3.03. The summed E-state index contributed by atoms with van der Waals surface area (Å²) in [7, 11) is 0. The number of hydrogen-bond donors (Lipinski definition) is 1. The zero-order valence-corrected chi connectivity index (χ0v) is 17.2. The molecule has 2 aromatic heterocycles. The fourth-order valence-corrected chi connectivity index (χ4v) is 4.58. The summed E-state index contributed by atoms with van der Waals surface area (Å²) in [5, 5.41) is 12.1. The standard InChI is InChI=1S/C24H25N3O4/c28-24(29)23-27(31-23)21(17-8-2-1-3-9-17)19-10-6-14-25-22(19)30-15-18-13-12-16-7-4-5-11-20(16)26-18/h4-7,10-14,17,21,23H,1-3,8-9,15H2,(H,28,29)/t21-,23-,27?/m0/s1. The topological polar surface area (TPSA) is 87.8 Å². The third kappa shape index (κ3) is 4.24. The number of hydrogen-bond acceptors (Lipinski definition) is 6. The Bertz CT molecular complexity index is 1080. The number of ether oxygens (including phenoxy) is 1. The van der Waals surface area contributed by atoms with Gasteiger partial charge >= 0.3 is 5.97 Å². The fourth-order valence-electron chi connectivity index (χ4n) is 4.58. The number of carbonyl (C=O) groups is 1. The molecule has 0 amide bonds. The zero-order valence-electron chi connectivity index (χ0n) is 17.2. The lowest BCUT2D eigenvalue weighted by molar-refractivity contribution is -0.138. The third-order valence-electron chi connectivity index (χ3n) is 6.12. The van der Waals surface area contributed by atoms with E-state index in [1.807, 2.05) is 48.5 Å². The second kappa shape index (κ2) is 8.61. The molecule has 3 aromatic rings. The molecule has 1 saturated carbocycles. The van der Waals surface area contributed by atoms with Crippen LogP contribution in [-0.2, 0) is 16.2 Å². The Balaban J connectivity index is 1.40. The largest absolute Gasteiger partial charge is 0.478 e. The molecule has 31 heavy (non-hydrogen) atoms. The maximum absolute atomic E-state index is 11.5. The maximum Gasteiger partial charge on any atom is 0.352 e. The van der Waals surface area contributed by atoms with Crippen molar-refractivity contribution in [3.63, 3.8) is 0 Å². The lowest BCUT2D eigenvalue weighted by Crippen LogP contribution is -2.26. The van der Waals surface area contributed by atoms with Gasteiger partial charge in [0, 0.05) is 17.1 Å². The van der Waals surface area contributed by atoms with E-state index in [1.165, 1.54) is 6.42 Å². The number of benzene rings is 1. The molecule has 2 aliphatic rings. The lowest BCUT2D eigenvalue weighted by Gasteiger charge is -2.30. The molecule has 1 aliphatic carbocycles. The van der Waals surface area contributed by atoms with Gasteiger partial charge in [-0.2, -0.15) is 0 Å². The van der Waals surface area contributed by atoms with Crippen LogP contribution >= 0.6 is 0 Å². The summed E-state index contributed by atoms with van der Waals surface area (Å²) in [5.41, 5.74) is 2.61. The quantitative estimate of drug-likeness (QED) is 0.565. The molecule has 0 radical (unpaired) electrons. The van der Waals surface area contributed by atoms with Gasteiger partial charge in [-0.25, -0.2) is 14.8 Å². The highest BCUT2D eigenvalue weighted by molar-refractivity contribution is 5.78. The molecule has 1 saturated heterocycles. The van der Waals surface area contributed by atoms with Crippen molar-refractivity contribution in [1.82, 2.24) is 15.0 Å². The first-order chi connectivity index (χ1) is 15.2. The molecule has 1 unspecified atom stereocenters. The van der Waals surface area contributed by atoms with Gasteiger partial charge in [0.05, 0.1) is 17.3 Å². The second-order valence-electron chi connectivity index (χ2n) is 8.18. The summed E-state index contributed by atoms with van der Waals surface area (Å²) >= 11 is 0. The van der Waals surface area contributed by atoms with Crippen LogP contribution in [0, 0.1) is 5.92 Å². The van der Waals surface area contributed by atoms with Crippen LogP contribution in [-0.4, -0.2) is 32.3 Å². The Morgan fingerprint density at radius 2 is 1.97 bits per heavy atom. The highest BCUT2D eigenvalue weighted by Crippen LogP contribution is 2.46. The van der Waals surface area contributed by atoms with Crippen LogP contribution in [0.3, 0.4) is 0 Å². The number of carboxylic acid groups (broad SMARTS) is 1. The minimum atomic E-state index is -0.965. The van der Waals surface area contributed by atoms with Gasteiger partial charge in [0.2, 0.25) is 5.88 Å². The molecule has 7 nitrogen and oxygen atoms in total. The average molecular weight is 419 g/mol. The number of hydroxylamine groups is 2. The fraction of sp³-hybridized carbons (Fsp3) is 0.375. The number of aliphatic carboxylic acids is 1. The highest BCUT2D eigenvalue weighted by Gasteiger charge is 2.51. The molecular weight excluding hydrogens is 394 g/mol.